The molecule has 23 heavy (non-hydrogen) atoms. The number of ether oxygens (including phenoxy) is 2. The van der Waals surface area contributed by atoms with Crippen molar-refractivity contribution >= 4 is 42.3 Å². The first kappa shape index (κ1) is 22.2. The third kappa shape index (κ3) is 5.97. The van der Waals surface area contributed by atoms with Crippen LogP contribution in [-0.2, 0) is 9.53 Å². The molecular weight excluding hydrogens is 365 g/mol. The lowest BCUT2D eigenvalue weighted by atomic mass is 9.91. The number of pyridine rings is 1. The average molecular weight is 387 g/mol. The van der Waals surface area contributed by atoms with Gasteiger partial charge in [0.1, 0.15) is 17.2 Å². The zero-order valence-electron chi connectivity index (χ0n) is 12.8. The van der Waals surface area contributed by atoms with Gasteiger partial charge in [0.2, 0.25) is 5.88 Å². The predicted molar refractivity (Wildman–Crippen MR) is 94.1 cm³/mol. The molecule has 0 atom stereocenters. The molecule has 2 heterocycles. The zero-order valence-corrected chi connectivity index (χ0v) is 15.2. The summed E-state index contributed by atoms with van der Waals surface area (Å²) in [5.41, 5.74) is -0.728. The van der Waals surface area contributed by atoms with Crippen molar-refractivity contribution in [1.82, 2.24) is 15.6 Å². The van der Waals surface area contributed by atoms with Crippen molar-refractivity contribution in [3.8, 4) is 5.88 Å². The normalized spacial score (nSPS) is 15.7. The first-order chi connectivity index (χ1) is 10.2. The molecule has 9 heteroatoms. The van der Waals surface area contributed by atoms with Crippen LogP contribution in [0.25, 0.3) is 0 Å². The number of carbonyl (C=O) groups is 1. The Balaban J connectivity index is 0.00000242. The summed E-state index contributed by atoms with van der Waals surface area (Å²) < 4.78 is 10.9. The molecule has 1 aromatic rings. The lowest BCUT2D eigenvalue weighted by molar-refractivity contribution is -0.146. The van der Waals surface area contributed by atoms with Gasteiger partial charge in [-0.2, -0.15) is 0 Å². The van der Waals surface area contributed by atoms with Gasteiger partial charge >= 0.3 is 0 Å². The number of methoxy groups -OCH3 is 1. The number of piperidine rings is 1. The molecule has 0 radical (unpaired) electrons. The maximum Gasteiger partial charge on any atom is 0.252 e. The Morgan fingerprint density at radius 3 is 2.74 bits per heavy atom. The molecule has 0 saturated carbocycles. The summed E-state index contributed by atoms with van der Waals surface area (Å²) in [5, 5.41) is 6.52. The Labute approximate surface area is 153 Å². The number of carbonyl (C=O) groups excluding carboxylic acids is 1. The molecule has 0 aromatic carbocycles. The van der Waals surface area contributed by atoms with Crippen LogP contribution >= 0.6 is 36.4 Å². The van der Waals surface area contributed by atoms with E-state index in [2.05, 4.69) is 15.6 Å². The highest BCUT2D eigenvalue weighted by atomic mass is 35.5. The molecule has 1 saturated heterocycles. The van der Waals surface area contributed by atoms with E-state index in [4.69, 9.17) is 21.1 Å². The minimum absolute atomic E-state index is 0. The van der Waals surface area contributed by atoms with E-state index in [0.29, 0.717) is 36.9 Å². The smallest absolute Gasteiger partial charge is 0.252 e. The maximum atomic E-state index is 12.3. The Hall–Kier alpha value is -0.790. The Morgan fingerprint density at radius 2 is 2.13 bits per heavy atom. The molecule has 1 aliphatic heterocycles. The summed E-state index contributed by atoms with van der Waals surface area (Å²) in [6.07, 6.45) is 2.94. The van der Waals surface area contributed by atoms with Crippen molar-refractivity contribution < 1.29 is 14.3 Å². The van der Waals surface area contributed by atoms with Crippen LogP contribution in [-0.4, -0.2) is 49.8 Å². The molecule has 1 aromatic heterocycles. The van der Waals surface area contributed by atoms with Gasteiger partial charge in [0.05, 0.1) is 6.54 Å². The fraction of sp³-hybridized carbons (Fsp3) is 0.571. The topological polar surface area (TPSA) is 72.5 Å². The van der Waals surface area contributed by atoms with Crippen LogP contribution in [0.3, 0.4) is 0 Å². The standard InChI is InChI=1S/C14H20ClN3O3.2ClH/c1-20-14(4-7-16-8-5-14)13(19)18-9-10-21-12-11(15)3-2-6-17-12;;/h2-3,6,16H,4-5,7-10H2,1H3,(H,18,19);2*1H. The van der Waals surface area contributed by atoms with Crippen LogP contribution < -0.4 is 15.4 Å². The number of hydrogen-bond acceptors (Lipinski definition) is 5. The van der Waals surface area contributed by atoms with Crippen LogP contribution in [0.2, 0.25) is 5.02 Å². The highest BCUT2D eigenvalue weighted by Gasteiger charge is 2.39. The first-order valence-corrected chi connectivity index (χ1v) is 7.33. The summed E-state index contributed by atoms with van der Waals surface area (Å²) in [5.74, 6) is 0.277. The van der Waals surface area contributed by atoms with Gasteiger partial charge in [-0.15, -0.1) is 24.8 Å². The highest BCUT2D eigenvalue weighted by Crippen LogP contribution is 2.22. The fourth-order valence-corrected chi connectivity index (χ4v) is 2.48. The van der Waals surface area contributed by atoms with E-state index in [1.165, 1.54) is 0 Å². The van der Waals surface area contributed by atoms with E-state index < -0.39 is 5.60 Å². The quantitative estimate of drug-likeness (QED) is 0.730. The number of hydrogen-bond donors (Lipinski definition) is 2. The molecule has 0 unspecified atom stereocenters. The Kier molecular flexibility index (Phi) is 10.5. The minimum atomic E-state index is -0.728. The van der Waals surface area contributed by atoms with Gasteiger partial charge < -0.3 is 20.1 Å². The summed E-state index contributed by atoms with van der Waals surface area (Å²) in [6, 6.07) is 3.44. The van der Waals surface area contributed by atoms with Gasteiger partial charge in [0.15, 0.2) is 0 Å². The molecule has 0 bridgehead atoms. The summed E-state index contributed by atoms with van der Waals surface area (Å²) >= 11 is 5.93. The van der Waals surface area contributed by atoms with Gasteiger partial charge in [-0.1, -0.05) is 11.6 Å². The molecule has 132 valence electrons. The lowest BCUT2D eigenvalue weighted by Gasteiger charge is -2.34. The van der Waals surface area contributed by atoms with Gasteiger partial charge in [-0.05, 0) is 38.1 Å². The lowest BCUT2D eigenvalue weighted by Crippen LogP contribution is -2.54. The molecule has 2 N–H and O–H groups in total. The molecule has 2 rings (SSSR count). The third-order valence-electron chi connectivity index (χ3n) is 3.57. The van der Waals surface area contributed by atoms with Crippen LogP contribution in [0.4, 0.5) is 0 Å². The number of aromatic nitrogens is 1. The van der Waals surface area contributed by atoms with Crippen molar-refractivity contribution in [3.63, 3.8) is 0 Å². The van der Waals surface area contributed by atoms with Crippen LogP contribution in [0.5, 0.6) is 5.88 Å². The van der Waals surface area contributed by atoms with Crippen molar-refractivity contribution in [3.05, 3.63) is 23.4 Å². The largest absolute Gasteiger partial charge is 0.475 e. The molecular formula is C14H22Cl3N3O3. The monoisotopic (exact) mass is 385 g/mol. The number of nitrogens with zero attached hydrogens (tertiary/aromatic N) is 1. The molecule has 1 fully saturated rings. The zero-order chi connectivity index (χ0) is 15.1. The number of amides is 1. The Bertz CT molecular complexity index is 485. The van der Waals surface area contributed by atoms with Crippen molar-refractivity contribution in [2.75, 3.05) is 33.4 Å². The van der Waals surface area contributed by atoms with E-state index in [-0.39, 0.29) is 30.7 Å². The summed E-state index contributed by atoms with van der Waals surface area (Å²) in [6.45, 7) is 2.24. The minimum Gasteiger partial charge on any atom is -0.475 e. The second-order valence-electron chi connectivity index (χ2n) is 4.84. The van der Waals surface area contributed by atoms with E-state index in [1.807, 2.05) is 0 Å². The Morgan fingerprint density at radius 1 is 1.43 bits per heavy atom. The van der Waals surface area contributed by atoms with Gasteiger partial charge in [0.25, 0.3) is 5.91 Å². The molecule has 0 aliphatic carbocycles. The van der Waals surface area contributed by atoms with E-state index in [0.717, 1.165) is 13.1 Å². The van der Waals surface area contributed by atoms with Crippen LogP contribution in [0.1, 0.15) is 12.8 Å². The summed E-state index contributed by atoms with van der Waals surface area (Å²) in [7, 11) is 1.58. The first-order valence-electron chi connectivity index (χ1n) is 6.95. The van der Waals surface area contributed by atoms with E-state index in [9.17, 15) is 4.79 Å². The van der Waals surface area contributed by atoms with Crippen molar-refractivity contribution in [1.29, 1.82) is 0 Å². The average Bonchev–Trinajstić information content (AvgIpc) is 2.53. The summed E-state index contributed by atoms with van der Waals surface area (Å²) in [4.78, 5) is 16.3. The number of nitrogens with one attached hydrogen (secondary N) is 2. The van der Waals surface area contributed by atoms with Gasteiger partial charge in [0, 0.05) is 13.3 Å². The van der Waals surface area contributed by atoms with Crippen molar-refractivity contribution in [2.45, 2.75) is 18.4 Å². The second-order valence-corrected chi connectivity index (χ2v) is 5.25. The highest BCUT2D eigenvalue weighted by molar-refractivity contribution is 6.31. The number of rotatable bonds is 6. The van der Waals surface area contributed by atoms with Gasteiger partial charge in [-0.3, -0.25) is 4.79 Å². The number of halogens is 3. The van der Waals surface area contributed by atoms with E-state index >= 15 is 0 Å². The second kappa shape index (κ2) is 10.9. The molecule has 1 amide bonds. The van der Waals surface area contributed by atoms with E-state index in [1.54, 1.807) is 25.4 Å². The van der Waals surface area contributed by atoms with Crippen LogP contribution in [0.15, 0.2) is 18.3 Å². The predicted octanol–water partition coefficient (Wildman–Crippen LogP) is 1.84. The molecule has 1 aliphatic rings. The van der Waals surface area contributed by atoms with Crippen LogP contribution in [0, 0.1) is 0 Å². The maximum absolute atomic E-state index is 12.3. The van der Waals surface area contributed by atoms with Gasteiger partial charge in [-0.25, -0.2) is 4.98 Å². The molecule has 0 spiro atoms. The molecule has 6 nitrogen and oxygen atoms in total. The SMILES string of the molecule is COC1(C(=O)NCCOc2ncccc2Cl)CCNCC1.Cl.Cl. The fourth-order valence-electron chi connectivity index (χ4n) is 2.31. The third-order valence-corrected chi connectivity index (χ3v) is 3.85. The van der Waals surface area contributed by atoms with Crippen molar-refractivity contribution in [2.24, 2.45) is 0 Å².